The predicted octanol–water partition coefficient (Wildman–Crippen LogP) is 5.16. The summed E-state index contributed by atoms with van der Waals surface area (Å²) < 4.78 is 68.0. The maximum atomic E-state index is 14.0. The van der Waals surface area contributed by atoms with Crippen LogP contribution in [0, 0.1) is 0 Å². The second-order valence-corrected chi connectivity index (χ2v) is 11.5. The van der Waals surface area contributed by atoms with E-state index in [1.54, 1.807) is 0 Å². The highest BCUT2D eigenvalue weighted by Crippen LogP contribution is 2.39. The lowest BCUT2D eigenvalue weighted by Crippen LogP contribution is -2.25. The standard InChI is InChI=1S/C23H22Cl2F3N3O3S/c1-2-35(33,34)19-6-5-15(24)9-14(19)11-31-13-29-21-16(22(31)32)10-18(23(26,27)28)17(20(21)25)12-30-7-3-4-8-30/h5-6,9-10,13H,2-4,7-8,11-12H2,1H3. The fraction of sp³-hybridized carbons (Fsp3) is 0.391. The maximum Gasteiger partial charge on any atom is 0.416 e. The third-order valence-corrected chi connectivity index (χ3v) is 8.59. The van der Waals surface area contributed by atoms with Crippen LogP contribution in [-0.4, -0.2) is 41.7 Å². The van der Waals surface area contributed by atoms with E-state index in [1.165, 1.54) is 25.1 Å². The molecular formula is C23H22Cl2F3N3O3S. The van der Waals surface area contributed by atoms with Crippen molar-refractivity contribution in [1.29, 1.82) is 0 Å². The van der Waals surface area contributed by atoms with Crippen LogP contribution in [0.3, 0.4) is 0 Å². The third-order valence-electron chi connectivity index (χ3n) is 6.12. The molecule has 0 unspecified atom stereocenters. The van der Waals surface area contributed by atoms with Crippen molar-refractivity contribution in [2.45, 2.75) is 43.9 Å². The molecule has 0 spiro atoms. The molecule has 1 fully saturated rings. The average molecular weight is 548 g/mol. The quantitative estimate of drug-likeness (QED) is 0.426. The highest BCUT2D eigenvalue weighted by atomic mass is 35.5. The molecule has 1 saturated heterocycles. The normalized spacial score (nSPS) is 15.3. The number of sulfone groups is 1. The van der Waals surface area contributed by atoms with E-state index in [-0.39, 0.29) is 55.8 Å². The predicted molar refractivity (Wildman–Crippen MR) is 129 cm³/mol. The van der Waals surface area contributed by atoms with Crippen LogP contribution >= 0.6 is 23.2 Å². The van der Waals surface area contributed by atoms with Crippen molar-refractivity contribution in [2.24, 2.45) is 0 Å². The van der Waals surface area contributed by atoms with Gasteiger partial charge >= 0.3 is 6.18 Å². The van der Waals surface area contributed by atoms with Gasteiger partial charge < -0.3 is 0 Å². The Labute approximate surface area is 210 Å². The van der Waals surface area contributed by atoms with Gasteiger partial charge in [-0.25, -0.2) is 13.4 Å². The molecule has 35 heavy (non-hydrogen) atoms. The number of likely N-dealkylation sites (tertiary alicyclic amines) is 1. The van der Waals surface area contributed by atoms with E-state index in [0.717, 1.165) is 29.8 Å². The van der Waals surface area contributed by atoms with Gasteiger partial charge in [-0.05, 0) is 61.3 Å². The van der Waals surface area contributed by atoms with Gasteiger partial charge in [0.25, 0.3) is 5.56 Å². The first-order chi connectivity index (χ1) is 16.4. The van der Waals surface area contributed by atoms with Gasteiger partial charge in [0.2, 0.25) is 0 Å². The summed E-state index contributed by atoms with van der Waals surface area (Å²) in [4.78, 5) is 19.3. The van der Waals surface area contributed by atoms with Gasteiger partial charge in [-0.1, -0.05) is 30.1 Å². The third kappa shape index (κ3) is 5.21. The zero-order valence-electron chi connectivity index (χ0n) is 18.7. The number of rotatable bonds is 6. The lowest BCUT2D eigenvalue weighted by Gasteiger charge is -2.21. The summed E-state index contributed by atoms with van der Waals surface area (Å²) in [6, 6.07) is 4.97. The summed E-state index contributed by atoms with van der Waals surface area (Å²) in [5, 5.41) is -0.245. The van der Waals surface area contributed by atoms with Crippen LogP contribution in [0.1, 0.15) is 36.5 Å². The Balaban J connectivity index is 1.86. The molecule has 12 heteroatoms. The largest absolute Gasteiger partial charge is 0.416 e. The fourth-order valence-corrected chi connectivity index (χ4v) is 5.92. The summed E-state index contributed by atoms with van der Waals surface area (Å²) in [5.74, 6) is -0.170. The minimum Gasteiger partial charge on any atom is -0.299 e. The molecule has 0 radical (unpaired) electrons. The van der Waals surface area contributed by atoms with Crippen LogP contribution in [0.15, 0.2) is 40.3 Å². The van der Waals surface area contributed by atoms with E-state index >= 15 is 0 Å². The Kier molecular flexibility index (Phi) is 7.21. The lowest BCUT2D eigenvalue weighted by molar-refractivity contribution is -0.138. The van der Waals surface area contributed by atoms with Crippen molar-refractivity contribution < 1.29 is 21.6 Å². The van der Waals surface area contributed by atoms with Crippen molar-refractivity contribution in [2.75, 3.05) is 18.8 Å². The van der Waals surface area contributed by atoms with Gasteiger partial charge in [0.05, 0.1) is 45.0 Å². The molecule has 2 aromatic carbocycles. The minimum atomic E-state index is -4.73. The van der Waals surface area contributed by atoms with Crippen LogP contribution in [-0.2, 0) is 29.1 Å². The van der Waals surface area contributed by atoms with Gasteiger partial charge in [-0.3, -0.25) is 14.3 Å². The Bertz CT molecular complexity index is 1450. The smallest absolute Gasteiger partial charge is 0.299 e. The number of alkyl halides is 3. The molecule has 1 aliphatic heterocycles. The van der Waals surface area contributed by atoms with Crippen LogP contribution in [0.4, 0.5) is 13.2 Å². The molecule has 1 aromatic heterocycles. The lowest BCUT2D eigenvalue weighted by atomic mass is 10.0. The average Bonchev–Trinajstić information content (AvgIpc) is 3.30. The number of fused-ring (bicyclic) bond motifs is 1. The molecular weight excluding hydrogens is 526 g/mol. The van der Waals surface area contributed by atoms with E-state index in [2.05, 4.69) is 4.98 Å². The summed E-state index contributed by atoms with van der Waals surface area (Å²) >= 11 is 12.5. The Morgan fingerprint density at radius 3 is 2.40 bits per heavy atom. The second-order valence-electron chi connectivity index (χ2n) is 8.43. The zero-order chi connectivity index (χ0) is 25.5. The molecule has 0 amide bonds. The minimum absolute atomic E-state index is 0.00799. The first-order valence-electron chi connectivity index (χ1n) is 10.9. The molecule has 0 saturated carbocycles. The van der Waals surface area contributed by atoms with Gasteiger partial charge in [0.15, 0.2) is 9.84 Å². The molecule has 1 aliphatic rings. The van der Waals surface area contributed by atoms with Gasteiger partial charge in [0.1, 0.15) is 0 Å². The molecule has 188 valence electrons. The zero-order valence-corrected chi connectivity index (χ0v) is 21.0. The van der Waals surface area contributed by atoms with Crippen LogP contribution < -0.4 is 5.56 Å². The Morgan fingerprint density at radius 1 is 1.09 bits per heavy atom. The van der Waals surface area contributed by atoms with Crippen LogP contribution in [0.2, 0.25) is 10.0 Å². The molecule has 0 atom stereocenters. The number of aromatic nitrogens is 2. The molecule has 2 heterocycles. The van der Waals surface area contributed by atoms with Crippen molar-refractivity contribution >= 4 is 43.9 Å². The van der Waals surface area contributed by atoms with E-state index in [9.17, 15) is 26.4 Å². The number of hydrogen-bond donors (Lipinski definition) is 0. The first-order valence-corrected chi connectivity index (χ1v) is 13.3. The highest BCUT2D eigenvalue weighted by molar-refractivity contribution is 7.91. The summed E-state index contributed by atoms with van der Waals surface area (Å²) in [6.07, 6.45) is -1.77. The van der Waals surface area contributed by atoms with E-state index < -0.39 is 27.1 Å². The maximum absolute atomic E-state index is 14.0. The van der Waals surface area contributed by atoms with E-state index in [1.807, 2.05) is 4.90 Å². The van der Waals surface area contributed by atoms with Crippen molar-refractivity contribution in [3.63, 3.8) is 0 Å². The molecule has 4 rings (SSSR count). The molecule has 0 N–H and O–H groups in total. The fourth-order valence-electron chi connectivity index (χ4n) is 4.30. The van der Waals surface area contributed by atoms with Gasteiger partial charge in [0, 0.05) is 11.6 Å². The molecule has 0 aliphatic carbocycles. The summed E-state index contributed by atoms with van der Waals surface area (Å²) in [5.41, 5.74) is -1.65. The van der Waals surface area contributed by atoms with Gasteiger partial charge in [-0.15, -0.1) is 0 Å². The van der Waals surface area contributed by atoms with Crippen molar-refractivity contribution in [3.05, 3.63) is 67.7 Å². The summed E-state index contributed by atoms with van der Waals surface area (Å²) in [7, 11) is -3.64. The monoisotopic (exact) mass is 547 g/mol. The Morgan fingerprint density at radius 2 is 1.77 bits per heavy atom. The number of benzene rings is 2. The van der Waals surface area contributed by atoms with Crippen molar-refractivity contribution in [3.8, 4) is 0 Å². The first kappa shape index (κ1) is 25.9. The Hall–Kier alpha value is -2.14. The van der Waals surface area contributed by atoms with Crippen LogP contribution in [0.5, 0.6) is 0 Å². The number of halogens is 5. The van der Waals surface area contributed by atoms with E-state index in [4.69, 9.17) is 23.2 Å². The second kappa shape index (κ2) is 9.72. The molecule has 6 nitrogen and oxygen atoms in total. The molecule has 3 aromatic rings. The van der Waals surface area contributed by atoms with Gasteiger partial charge in [-0.2, -0.15) is 13.2 Å². The summed E-state index contributed by atoms with van der Waals surface area (Å²) in [6.45, 7) is 2.59. The van der Waals surface area contributed by atoms with E-state index in [0.29, 0.717) is 13.1 Å². The SMILES string of the molecule is CCS(=O)(=O)c1ccc(Cl)cc1Cn1cnc2c(Cl)c(CN3CCCC3)c(C(F)(F)F)cc2c1=O. The van der Waals surface area contributed by atoms with Crippen molar-refractivity contribution in [1.82, 2.24) is 14.5 Å². The van der Waals surface area contributed by atoms with Crippen LogP contribution in [0.25, 0.3) is 10.9 Å². The topological polar surface area (TPSA) is 72.3 Å². The highest BCUT2D eigenvalue weighted by Gasteiger charge is 2.36. The number of nitrogens with zero attached hydrogens (tertiary/aromatic N) is 3. The molecule has 0 bridgehead atoms. The number of hydrogen-bond acceptors (Lipinski definition) is 5.